The van der Waals surface area contributed by atoms with Crippen molar-refractivity contribution in [1.82, 2.24) is 5.32 Å². The Hall–Kier alpha value is -0.800. The van der Waals surface area contributed by atoms with Crippen LogP contribution in [0.15, 0.2) is 18.2 Å². The highest BCUT2D eigenvalue weighted by molar-refractivity contribution is 6.30. The Morgan fingerprint density at radius 3 is 2.79 bits per heavy atom. The molecule has 1 aromatic rings. The molecule has 0 amide bonds. The fourth-order valence-electron chi connectivity index (χ4n) is 3.06. The Kier molecular flexibility index (Phi) is 3.22. The molecule has 2 aliphatic rings. The second kappa shape index (κ2) is 4.64. The van der Waals surface area contributed by atoms with E-state index < -0.39 is 0 Å². The predicted octanol–water partition coefficient (Wildman–Crippen LogP) is 3.45. The van der Waals surface area contributed by atoms with Crippen LogP contribution in [-0.2, 0) is 0 Å². The van der Waals surface area contributed by atoms with E-state index in [-0.39, 0.29) is 16.4 Å². The summed E-state index contributed by atoms with van der Waals surface area (Å²) in [4.78, 5) is 2.30. The number of halogens is 2. The molecule has 1 aromatic carbocycles. The summed E-state index contributed by atoms with van der Waals surface area (Å²) in [7, 11) is 0. The molecule has 19 heavy (non-hydrogen) atoms. The van der Waals surface area contributed by atoms with Crippen molar-refractivity contribution in [3.05, 3.63) is 29.0 Å². The average molecular weight is 283 g/mol. The maximum Gasteiger partial charge on any atom is 0.143 e. The van der Waals surface area contributed by atoms with Gasteiger partial charge in [0.1, 0.15) is 5.82 Å². The molecule has 1 saturated heterocycles. The van der Waals surface area contributed by atoms with E-state index in [1.807, 2.05) is 6.07 Å². The number of benzene rings is 1. The van der Waals surface area contributed by atoms with Crippen molar-refractivity contribution in [1.29, 1.82) is 0 Å². The lowest BCUT2D eigenvalue weighted by molar-refractivity contribution is 0.260. The van der Waals surface area contributed by atoms with Crippen LogP contribution in [0.3, 0.4) is 0 Å². The van der Waals surface area contributed by atoms with Crippen LogP contribution in [0.1, 0.15) is 26.7 Å². The lowest BCUT2D eigenvalue weighted by Gasteiger charge is -2.47. The van der Waals surface area contributed by atoms with Gasteiger partial charge in [-0.1, -0.05) is 11.6 Å². The summed E-state index contributed by atoms with van der Waals surface area (Å²) in [5.41, 5.74) is 1.09. The largest absolute Gasteiger partial charge is 0.366 e. The van der Waals surface area contributed by atoms with Gasteiger partial charge in [-0.2, -0.15) is 0 Å². The zero-order valence-electron chi connectivity index (χ0n) is 11.4. The SMILES string of the molecule is CC1CNC(C)(C2CC2)CN1c1ccc(Cl)c(F)c1. The van der Waals surface area contributed by atoms with Gasteiger partial charge in [-0.25, -0.2) is 4.39 Å². The van der Waals surface area contributed by atoms with Crippen LogP contribution >= 0.6 is 11.6 Å². The third-order valence-electron chi connectivity index (χ3n) is 4.55. The molecular formula is C15H20ClFN2. The topological polar surface area (TPSA) is 15.3 Å². The molecule has 0 radical (unpaired) electrons. The maximum atomic E-state index is 13.7. The number of piperazine rings is 1. The summed E-state index contributed by atoms with van der Waals surface area (Å²) in [5, 5.41) is 3.86. The maximum absolute atomic E-state index is 13.7. The highest BCUT2D eigenvalue weighted by Crippen LogP contribution is 2.42. The van der Waals surface area contributed by atoms with E-state index in [9.17, 15) is 4.39 Å². The summed E-state index contributed by atoms with van der Waals surface area (Å²) in [6.45, 7) is 6.33. The molecule has 0 spiro atoms. The van der Waals surface area contributed by atoms with Crippen molar-refractivity contribution < 1.29 is 4.39 Å². The van der Waals surface area contributed by atoms with Crippen LogP contribution in [0.4, 0.5) is 10.1 Å². The molecule has 1 N–H and O–H groups in total. The summed E-state index contributed by atoms with van der Waals surface area (Å²) >= 11 is 5.77. The van der Waals surface area contributed by atoms with Crippen molar-refractivity contribution in [3.63, 3.8) is 0 Å². The van der Waals surface area contributed by atoms with Crippen LogP contribution < -0.4 is 10.2 Å². The Balaban J connectivity index is 1.86. The van der Waals surface area contributed by atoms with Gasteiger partial charge in [0.15, 0.2) is 0 Å². The predicted molar refractivity (Wildman–Crippen MR) is 77.3 cm³/mol. The smallest absolute Gasteiger partial charge is 0.143 e. The van der Waals surface area contributed by atoms with Gasteiger partial charge in [-0.05, 0) is 50.8 Å². The summed E-state index contributed by atoms with van der Waals surface area (Å²) in [6, 6.07) is 5.49. The van der Waals surface area contributed by atoms with Crippen LogP contribution in [0.2, 0.25) is 5.02 Å². The molecular weight excluding hydrogens is 263 g/mol. The minimum atomic E-state index is -0.335. The zero-order chi connectivity index (χ0) is 13.6. The molecule has 1 aliphatic heterocycles. The van der Waals surface area contributed by atoms with Crippen LogP contribution in [0, 0.1) is 11.7 Å². The highest BCUT2D eigenvalue weighted by atomic mass is 35.5. The molecule has 0 bridgehead atoms. The Labute approximate surface area is 118 Å². The minimum absolute atomic E-state index is 0.155. The van der Waals surface area contributed by atoms with Gasteiger partial charge in [-0.3, -0.25) is 0 Å². The molecule has 1 aliphatic carbocycles. The van der Waals surface area contributed by atoms with Crippen molar-refractivity contribution in [3.8, 4) is 0 Å². The molecule has 1 saturated carbocycles. The van der Waals surface area contributed by atoms with E-state index in [0.29, 0.717) is 6.04 Å². The van der Waals surface area contributed by atoms with Crippen molar-refractivity contribution in [2.45, 2.75) is 38.3 Å². The number of hydrogen-bond acceptors (Lipinski definition) is 2. The third-order valence-corrected chi connectivity index (χ3v) is 4.85. The highest BCUT2D eigenvalue weighted by Gasteiger charge is 2.45. The molecule has 0 aromatic heterocycles. The van der Waals surface area contributed by atoms with Crippen LogP contribution in [0.25, 0.3) is 0 Å². The Morgan fingerprint density at radius 2 is 2.16 bits per heavy atom. The van der Waals surface area contributed by atoms with Gasteiger partial charge in [-0.15, -0.1) is 0 Å². The van der Waals surface area contributed by atoms with E-state index >= 15 is 0 Å². The van der Waals surface area contributed by atoms with E-state index in [1.165, 1.54) is 12.8 Å². The first-order valence-electron chi connectivity index (χ1n) is 6.96. The van der Waals surface area contributed by atoms with E-state index in [1.54, 1.807) is 12.1 Å². The second-order valence-corrected chi connectivity index (χ2v) is 6.56. The molecule has 1 heterocycles. The normalized spacial score (nSPS) is 31.6. The molecule has 2 atom stereocenters. The first-order chi connectivity index (χ1) is 8.99. The molecule has 2 unspecified atom stereocenters. The first-order valence-corrected chi connectivity index (χ1v) is 7.34. The molecule has 2 nitrogen and oxygen atoms in total. The monoisotopic (exact) mass is 282 g/mol. The number of hydrogen-bond donors (Lipinski definition) is 1. The second-order valence-electron chi connectivity index (χ2n) is 6.15. The molecule has 4 heteroatoms. The fourth-order valence-corrected chi connectivity index (χ4v) is 3.18. The standard InChI is InChI=1S/C15H20ClFN2/c1-10-8-18-15(2,11-3-4-11)9-19(10)12-5-6-13(16)14(17)7-12/h5-7,10-11,18H,3-4,8-9H2,1-2H3. The van der Waals surface area contributed by atoms with Crippen LogP contribution in [0.5, 0.6) is 0 Å². The number of nitrogens with zero attached hydrogens (tertiary/aromatic N) is 1. The number of anilines is 1. The summed E-state index contributed by atoms with van der Waals surface area (Å²) in [5.74, 6) is 0.428. The van der Waals surface area contributed by atoms with E-state index in [4.69, 9.17) is 11.6 Å². The molecule has 104 valence electrons. The molecule has 3 rings (SSSR count). The minimum Gasteiger partial charge on any atom is -0.366 e. The van der Waals surface area contributed by atoms with Crippen molar-refractivity contribution >= 4 is 17.3 Å². The fraction of sp³-hybridized carbons (Fsp3) is 0.600. The van der Waals surface area contributed by atoms with Crippen molar-refractivity contribution in [2.75, 3.05) is 18.0 Å². The first kappa shape index (κ1) is 13.2. The van der Waals surface area contributed by atoms with Gasteiger partial charge >= 0.3 is 0 Å². The van der Waals surface area contributed by atoms with Crippen molar-refractivity contribution in [2.24, 2.45) is 5.92 Å². The van der Waals surface area contributed by atoms with Crippen LogP contribution in [-0.4, -0.2) is 24.7 Å². The van der Waals surface area contributed by atoms with Gasteiger partial charge in [0.05, 0.1) is 5.02 Å². The van der Waals surface area contributed by atoms with Gasteiger partial charge in [0, 0.05) is 30.4 Å². The number of nitrogens with one attached hydrogen (secondary N) is 1. The zero-order valence-corrected chi connectivity index (χ0v) is 12.2. The lowest BCUT2D eigenvalue weighted by Crippen LogP contribution is -2.63. The van der Waals surface area contributed by atoms with Gasteiger partial charge in [0.2, 0.25) is 0 Å². The molecule has 2 fully saturated rings. The Bertz CT molecular complexity index is 489. The summed E-state index contributed by atoms with van der Waals surface area (Å²) in [6.07, 6.45) is 2.61. The average Bonchev–Trinajstić information content (AvgIpc) is 3.21. The van der Waals surface area contributed by atoms with Gasteiger partial charge < -0.3 is 10.2 Å². The quantitative estimate of drug-likeness (QED) is 0.894. The third kappa shape index (κ3) is 2.46. The number of rotatable bonds is 2. The summed E-state index contributed by atoms with van der Waals surface area (Å²) < 4.78 is 13.7. The van der Waals surface area contributed by atoms with E-state index in [0.717, 1.165) is 24.7 Å². The Morgan fingerprint density at radius 1 is 1.42 bits per heavy atom. The van der Waals surface area contributed by atoms with Gasteiger partial charge in [0.25, 0.3) is 0 Å². The lowest BCUT2D eigenvalue weighted by atomic mass is 9.91. The van der Waals surface area contributed by atoms with E-state index in [2.05, 4.69) is 24.1 Å².